The van der Waals surface area contributed by atoms with Gasteiger partial charge in [0.2, 0.25) is 5.76 Å². The normalized spacial score (nSPS) is 12.1. The predicted molar refractivity (Wildman–Crippen MR) is 54.9 cm³/mol. The molecule has 1 amide bonds. The van der Waals surface area contributed by atoms with Crippen LogP contribution < -0.4 is 5.32 Å². The van der Waals surface area contributed by atoms with Crippen molar-refractivity contribution < 1.29 is 19.2 Å². The molecule has 0 fully saturated rings. The number of amides is 1. The zero-order valence-corrected chi connectivity index (χ0v) is 8.97. The van der Waals surface area contributed by atoms with Crippen molar-refractivity contribution in [2.45, 2.75) is 19.8 Å². The van der Waals surface area contributed by atoms with Crippen molar-refractivity contribution in [3.05, 3.63) is 18.0 Å². The Morgan fingerprint density at radius 1 is 1.62 bits per heavy atom. The van der Waals surface area contributed by atoms with E-state index in [9.17, 15) is 9.59 Å². The second-order valence-electron chi connectivity index (χ2n) is 3.41. The van der Waals surface area contributed by atoms with Crippen molar-refractivity contribution in [3.8, 4) is 0 Å². The largest absolute Gasteiger partial charge is 0.481 e. The molecule has 1 aromatic rings. The summed E-state index contributed by atoms with van der Waals surface area (Å²) in [5, 5.41) is 14.7. The van der Waals surface area contributed by atoms with Crippen LogP contribution in [-0.2, 0) is 4.79 Å². The maximum absolute atomic E-state index is 11.4. The first-order chi connectivity index (χ1) is 7.65. The van der Waals surface area contributed by atoms with Crippen molar-refractivity contribution in [2.75, 3.05) is 6.54 Å². The molecule has 0 saturated heterocycles. The molecule has 0 spiro atoms. The number of nitrogens with one attached hydrogen (secondary N) is 1. The maximum atomic E-state index is 11.4. The highest BCUT2D eigenvalue weighted by Gasteiger charge is 2.18. The highest BCUT2D eigenvalue weighted by molar-refractivity contribution is 5.91. The molecule has 0 radical (unpaired) electrons. The number of hydrogen-bond acceptors (Lipinski definition) is 4. The van der Waals surface area contributed by atoms with Gasteiger partial charge in [0.1, 0.15) is 0 Å². The third-order valence-corrected chi connectivity index (χ3v) is 2.16. The van der Waals surface area contributed by atoms with Crippen LogP contribution in [0.4, 0.5) is 0 Å². The number of carbonyl (C=O) groups excluding carboxylic acids is 1. The Kier molecular flexibility index (Phi) is 4.50. The van der Waals surface area contributed by atoms with Gasteiger partial charge in [0.25, 0.3) is 5.91 Å². The Bertz CT molecular complexity index is 348. The molecule has 0 bridgehead atoms. The van der Waals surface area contributed by atoms with Gasteiger partial charge in [-0.25, -0.2) is 0 Å². The quantitative estimate of drug-likeness (QED) is 0.751. The molecule has 2 N–H and O–H groups in total. The highest BCUT2D eigenvalue weighted by atomic mass is 16.5. The van der Waals surface area contributed by atoms with Crippen molar-refractivity contribution in [2.24, 2.45) is 5.92 Å². The average Bonchev–Trinajstić information content (AvgIpc) is 2.76. The van der Waals surface area contributed by atoms with Gasteiger partial charge < -0.3 is 14.9 Å². The van der Waals surface area contributed by atoms with E-state index in [1.807, 2.05) is 6.92 Å². The average molecular weight is 226 g/mol. The molecule has 1 unspecified atom stereocenters. The molecule has 0 aliphatic heterocycles. The lowest BCUT2D eigenvalue weighted by Crippen LogP contribution is -2.32. The van der Waals surface area contributed by atoms with Crippen LogP contribution in [0.15, 0.2) is 16.8 Å². The first-order valence-corrected chi connectivity index (χ1v) is 5.06. The molecular weight excluding hydrogens is 212 g/mol. The van der Waals surface area contributed by atoms with Crippen molar-refractivity contribution in [3.63, 3.8) is 0 Å². The Labute approximate surface area is 92.6 Å². The van der Waals surface area contributed by atoms with E-state index in [0.717, 1.165) is 6.42 Å². The van der Waals surface area contributed by atoms with Crippen LogP contribution in [0.1, 0.15) is 30.3 Å². The van der Waals surface area contributed by atoms with Gasteiger partial charge in [-0.1, -0.05) is 18.5 Å². The summed E-state index contributed by atoms with van der Waals surface area (Å²) in [4.78, 5) is 22.2. The number of carboxylic acid groups (broad SMARTS) is 1. The van der Waals surface area contributed by atoms with E-state index in [0.29, 0.717) is 6.42 Å². The van der Waals surface area contributed by atoms with E-state index < -0.39 is 17.8 Å². The number of carboxylic acids is 1. The summed E-state index contributed by atoms with van der Waals surface area (Å²) in [6, 6.07) is 1.42. The fraction of sp³-hybridized carbons (Fsp3) is 0.500. The van der Waals surface area contributed by atoms with Gasteiger partial charge in [-0.05, 0) is 6.42 Å². The SMILES string of the molecule is CCCC(CNC(=O)c1ccno1)C(=O)O. The summed E-state index contributed by atoms with van der Waals surface area (Å²) >= 11 is 0. The number of hydrogen-bond donors (Lipinski definition) is 2. The fourth-order valence-electron chi connectivity index (χ4n) is 1.30. The van der Waals surface area contributed by atoms with Gasteiger partial charge in [0, 0.05) is 12.6 Å². The molecule has 0 aliphatic rings. The van der Waals surface area contributed by atoms with Crippen molar-refractivity contribution in [1.29, 1.82) is 0 Å². The Hall–Kier alpha value is -1.85. The van der Waals surface area contributed by atoms with E-state index in [2.05, 4.69) is 15.0 Å². The van der Waals surface area contributed by atoms with Crippen molar-refractivity contribution >= 4 is 11.9 Å². The number of rotatable bonds is 6. The zero-order chi connectivity index (χ0) is 12.0. The van der Waals surface area contributed by atoms with Gasteiger partial charge in [-0.15, -0.1) is 0 Å². The summed E-state index contributed by atoms with van der Waals surface area (Å²) in [5.41, 5.74) is 0. The van der Waals surface area contributed by atoms with Crippen LogP contribution in [-0.4, -0.2) is 28.7 Å². The van der Waals surface area contributed by atoms with Crippen LogP contribution in [0, 0.1) is 5.92 Å². The van der Waals surface area contributed by atoms with E-state index in [1.165, 1.54) is 12.3 Å². The summed E-state index contributed by atoms with van der Waals surface area (Å²) in [6.07, 6.45) is 2.65. The predicted octanol–water partition coefficient (Wildman–Crippen LogP) is 0.905. The highest BCUT2D eigenvalue weighted by Crippen LogP contribution is 2.05. The van der Waals surface area contributed by atoms with Crippen LogP contribution in [0.3, 0.4) is 0 Å². The van der Waals surface area contributed by atoms with Gasteiger partial charge in [0.15, 0.2) is 0 Å². The molecule has 0 aromatic carbocycles. The molecule has 88 valence electrons. The lowest BCUT2D eigenvalue weighted by Gasteiger charge is -2.11. The Balaban J connectivity index is 2.43. The molecule has 6 nitrogen and oxygen atoms in total. The molecule has 1 atom stereocenters. The molecular formula is C10H14N2O4. The molecule has 0 aliphatic carbocycles. The third-order valence-electron chi connectivity index (χ3n) is 2.16. The standard InChI is InChI=1S/C10H14N2O4/c1-2-3-7(10(14)15)6-11-9(13)8-4-5-12-16-8/h4-5,7H,2-3,6H2,1H3,(H,11,13)(H,14,15). The number of aliphatic carboxylic acids is 1. The minimum atomic E-state index is -0.903. The number of aromatic nitrogens is 1. The zero-order valence-electron chi connectivity index (χ0n) is 8.97. The second-order valence-corrected chi connectivity index (χ2v) is 3.41. The van der Waals surface area contributed by atoms with Crippen LogP contribution in [0.25, 0.3) is 0 Å². The van der Waals surface area contributed by atoms with Gasteiger partial charge in [-0.2, -0.15) is 0 Å². The summed E-state index contributed by atoms with van der Waals surface area (Å²) in [5.74, 6) is -1.82. The number of carbonyl (C=O) groups is 2. The van der Waals surface area contributed by atoms with E-state index in [1.54, 1.807) is 0 Å². The van der Waals surface area contributed by atoms with Crippen LogP contribution in [0.2, 0.25) is 0 Å². The molecule has 16 heavy (non-hydrogen) atoms. The van der Waals surface area contributed by atoms with E-state index in [-0.39, 0.29) is 12.3 Å². The van der Waals surface area contributed by atoms with Gasteiger partial charge >= 0.3 is 5.97 Å². The minimum absolute atomic E-state index is 0.0839. The van der Waals surface area contributed by atoms with Gasteiger partial charge in [0.05, 0.1) is 12.1 Å². The molecule has 1 heterocycles. The summed E-state index contributed by atoms with van der Waals surface area (Å²) in [7, 11) is 0. The maximum Gasteiger partial charge on any atom is 0.308 e. The second kappa shape index (κ2) is 5.89. The first kappa shape index (κ1) is 12.2. The summed E-state index contributed by atoms with van der Waals surface area (Å²) in [6.45, 7) is 2.00. The molecule has 1 aromatic heterocycles. The molecule has 1 rings (SSSR count). The van der Waals surface area contributed by atoms with Gasteiger partial charge in [-0.3, -0.25) is 9.59 Å². The number of nitrogens with zero attached hydrogens (tertiary/aromatic N) is 1. The van der Waals surface area contributed by atoms with Crippen LogP contribution in [0.5, 0.6) is 0 Å². The molecule has 6 heteroatoms. The molecule has 0 saturated carbocycles. The fourth-order valence-corrected chi connectivity index (χ4v) is 1.30. The first-order valence-electron chi connectivity index (χ1n) is 5.06. The Morgan fingerprint density at radius 3 is 2.88 bits per heavy atom. The Morgan fingerprint density at radius 2 is 2.38 bits per heavy atom. The van der Waals surface area contributed by atoms with Crippen LogP contribution >= 0.6 is 0 Å². The van der Waals surface area contributed by atoms with Crippen molar-refractivity contribution in [1.82, 2.24) is 10.5 Å². The topological polar surface area (TPSA) is 92.4 Å². The van der Waals surface area contributed by atoms with E-state index >= 15 is 0 Å². The lowest BCUT2D eigenvalue weighted by atomic mass is 10.0. The summed E-state index contributed by atoms with van der Waals surface area (Å²) < 4.78 is 4.64. The minimum Gasteiger partial charge on any atom is -0.481 e. The monoisotopic (exact) mass is 226 g/mol. The lowest BCUT2D eigenvalue weighted by molar-refractivity contribution is -0.141. The third kappa shape index (κ3) is 3.38. The van der Waals surface area contributed by atoms with E-state index in [4.69, 9.17) is 5.11 Å². The smallest absolute Gasteiger partial charge is 0.308 e.